The maximum absolute atomic E-state index is 8.49. The van der Waals surface area contributed by atoms with Crippen LogP contribution in [-0.2, 0) is 4.74 Å². The lowest BCUT2D eigenvalue weighted by atomic mass is 10.1. The number of nitriles is 1. The summed E-state index contributed by atoms with van der Waals surface area (Å²) >= 11 is 0. The molecule has 2 heteroatoms. The quantitative estimate of drug-likeness (QED) is 0.548. The summed E-state index contributed by atoms with van der Waals surface area (Å²) < 4.78 is 4.99. The second kappa shape index (κ2) is 3.07. The van der Waals surface area contributed by atoms with Gasteiger partial charge >= 0.3 is 0 Å². The fourth-order valence-electron chi connectivity index (χ4n) is 0.913. The molecule has 0 aromatic heterocycles. The molecule has 1 aliphatic rings. The van der Waals surface area contributed by atoms with Crippen molar-refractivity contribution in [2.24, 2.45) is 0 Å². The molecular weight excluding hydrogens is 126 g/mol. The fraction of sp³-hybridized carbons (Fsp3) is 0.375. The van der Waals surface area contributed by atoms with Gasteiger partial charge in [0.25, 0.3) is 0 Å². The molecule has 0 saturated carbocycles. The van der Waals surface area contributed by atoms with Crippen LogP contribution in [0.15, 0.2) is 23.5 Å². The number of allylic oxidation sites excluding steroid dienone is 4. The van der Waals surface area contributed by atoms with Gasteiger partial charge in [0.1, 0.15) is 0 Å². The molecule has 0 aromatic carbocycles. The van der Waals surface area contributed by atoms with E-state index >= 15 is 0 Å². The van der Waals surface area contributed by atoms with Crippen molar-refractivity contribution in [2.45, 2.75) is 12.8 Å². The van der Waals surface area contributed by atoms with Gasteiger partial charge in [-0.05, 0) is 12.5 Å². The Bertz CT molecular complexity index is 220. The lowest BCUT2D eigenvalue weighted by Crippen LogP contribution is -1.92. The number of hydrogen-bond acceptors (Lipinski definition) is 2. The summed E-state index contributed by atoms with van der Waals surface area (Å²) in [6.45, 7) is 0. The lowest BCUT2D eigenvalue weighted by molar-refractivity contribution is 0.276. The van der Waals surface area contributed by atoms with E-state index in [0.717, 1.165) is 18.6 Å². The minimum Gasteiger partial charge on any atom is -0.501 e. The predicted molar refractivity (Wildman–Crippen MR) is 38.0 cm³/mol. The van der Waals surface area contributed by atoms with Gasteiger partial charge < -0.3 is 4.74 Å². The first-order valence-electron chi connectivity index (χ1n) is 3.21. The third kappa shape index (κ3) is 1.38. The van der Waals surface area contributed by atoms with Gasteiger partial charge in [0.15, 0.2) is 0 Å². The third-order valence-corrected chi connectivity index (χ3v) is 1.46. The number of rotatable bonds is 1. The summed E-state index contributed by atoms with van der Waals surface area (Å²) in [5, 5.41) is 8.49. The van der Waals surface area contributed by atoms with Crippen molar-refractivity contribution in [1.29, 1.82) is 5.26 Å². The molecule has 0 aromatic rings. The summed E-state index contributed by atoms with van der Waals surface area (Å²) in [5.41, 5.74) is 0.711. The van der Waals surface area contributed by atoms with E-state index in [1.807, 2.05) is 6.08 Å². The van der Waals surface area contributed by atoms with Gasteiger partial charge in [0.05, 0.1) is 24.5 Å². The molecule has 1 aliphatic carbocycles. The van der Waals surface area contributed by atoms with Crippen LogP contribution >= 0.6 is 0 Å². The molecule has 0 saturated heterocycles. The molecule has 0 N–H and O–H groups in total. The van der Waals surface area contributed by atoms with Crippen LogP contribution in [0.2, 0.25) is 0 Å². The van der Waals surface area contributed by atoms with Gasteiger partial charge in [-0.1, -0.05) is 6.08 Å². The third-order valence-electron chi connectivity index (χ3n) is 1.46. The molecule has 0 unspecified atom stereocenters. The highest BCUT2D eigenvalue weighted by Gasteiger charge is 2.03. The zero-order valence-electron chi connectivity index (χ0n) is 5.92. The summed E-state index contributed by atoms with van der Waals surface area (Å²) in [7, 11) is 1.63. The molecule has 10 heavy (non-hydrogen) atoms. The van der Waals surface area contributed by atoms with Crippen molar-refractivity contribution in [1.82, 2.24) is 0 Å². The molecule has 52 valence electrons. The molecule has 0 heterocycles. The van der Waals surface area contributed by atoms with Gasteiger partial charge in [-0.2, -0.15) is 5.26 Å². The first-order chi connectivity index (χ1) is 4.86. The summed E-state index contributed by atoms with van der Waals surface area (Å²) in [6.07, 6.45) is 5.54. The second-order valence-corrected chi connectivity index (χ2v) is 2.12. The van der Waals surface area contributed by atoms with Crippen LogP contribution < -0.4 is 0 Å². The second-order valence-electron chi connectivity index (χ2n) is 2.12. The van der Waals surface area contributed by atoms with E-state index in [9.17, 15) is 0 Å². The summed E-state index contributed by atoms with van der Waals surface area (Å²) in [4.78, 5) is 0. The maximum Gasteiger partial charge on any atom is 0.0989 e. The zero-order chi connectivity index (χ0) is 7.40. The topological polar surface area (TPSA) is 33.0 Å². The zero-order valence-corrected chi connectivity index (χ0v) is 5.92. The molecular formula is C8H9NO. The Labute approximate surface area is 60.4 Å². The van der Waals surface area contributed by atoms with Crippen molar-refractivity contribution in [3.8, 4) is 6.07 Å². The van der Waals surface area contributed by atoms with Crippen molar-refractivity contribution < 1.29 is 4.74 Å². The van der Waals surface area contributed by atoms with Gasteiger partial charge in [-0.3, -0.25) is 0 Å². The Kier molecular flexibility index (Phi) is 2.11. The van der Waals surface area contributed by atoms with E-state index in [2.05, 4.69) is 6.07 Å². The first kappa shape index (κ1) is 6.88. The molecule has 0 spiro atoms. The minimum absolute atomic E-state index is 0.711. The Hall–Kier alpha value is -1.23. The predicted octanol–water partition coefficient (Wildman–Crippen LogP) is 1.76. The lowest BCUT2D eigenvalue weighted by Gasteiger charge is -2.07. The van der Waals surface area contributed by atoms with E-state index < -0.39 is 0 Å². The molecule has 1 rings (SSSR count). The highest BCUT2D eigenvalue weighted by atomic mass is 16.5. The molecule has 0 fully saturated rings. The van der Waals surface area contributed by atoms with Crippen LogP contribution in [-0.4, -0.2) is 7.11 Å². The average molecular weight is 135 g/mol. The summed E-state index contributed by atoms with van der Waals surface area (Å²) in [5.74, 6) is 0.902. The van der Waals surface area contributed by atoms with E-state index in [1.54, 1.807) is 13.2 Å². The molecule has 0 aliphatic heterocycles. The number of ether oxygens (including phenoxy) is 1. The fourth-order valence-corrected chi connectivity index (χ4v) is 0.913. The highest BCUT2D eigenvalue weighted by Crippen LogP contribution is 2.16. The number of methoxy groups -OCH3 is 1. The van der Waals surface area contributed by atoms with Gasteiger partial charge in [-0.15, -0.1) is 0 Å². The Morgan fingerprint density at radius 2 is 2.50 bits per heavy atom. The minimum atomic E-state index is 0.711. The highest BCUT2D eigenvalue weighted by molar-refractivity contribution is 5.36. The smallest absolute Gasteiger partial charge is 0.0989 e. The van der Waals surface area contributed by atoms with Crippen LogP contribution in [0.5, 0.6) is 0 Å². The molecule has 0 radical (unpaired) electrons. The van der Waals surface area contributed by atoms with Crippen LogP contribution in [0.3, 0.4) is 0 Å². The van der Waals surface area contributed by atoms with Crippen LogP contribution in [0, 0.1) is 11.3 Å². The van der Waals surface area contributed by atoms with Crippen LogP contribution in [0.1, 0.15) is 12.8 Å². The largest absolute Gasteiger partial charge is 0.501 e. The van der Waals surface area contributed by atoms with Crippen LogP contribution in [0.4, 0.5) is 0 Å². The SMILES string of the molecule is COC1=CC(C#N)=CCC1. The number of nitrogens with zero attached hydrogens (tertiary/aromatic N) is 1. The van der Waals surface area contributed by atoms with Crippen molar-refractivity contribution in [3.63, 3.8) is 0 Å². The Morgan fingerprint density at radius 3 is 3.10 bits per heavy atom. The maximum atomic E-state index is 8.49. The standard InChI is InChI=1S/C8H9NO/c1-10-8-4-2-3-7(5-8)6-9/h3,5H,2,4H2,1H3. The van der Waals surface area contributed by atoms with Gasteiger partial charge in [0, 0.05) is 6.42 Å². The Balaban J connectivity index is 2.73. The molecule has 0 bridgehead atoms. The van der Waals surface area contributed by atoms with Crippen molar-refractivity contribution in [3.05, 3.63) is 23.5 Å². The monoisotopic (exact) mass is 135 g/mol. The molecule has 0 amide bonds. The van der Waals surface area contributed by atoms with Crippen molar-refractivity contribution in [2.75, 3.05) is 7.11 Å². The number of hydrogen-bond donors (Lipinski definition) is 0. The normalized spacial score (nSPS) is 16.8. The summed E-state index contributed by atoms with van der Waals surface area (Å²) in [6, 6.07) is 2.07. The van der Waals surface area contributed by atoms with E-state index in [-0.39, 0.29) is 0 Å². The molecule has 2 nitrogen and oxygen atoms in total. The first-order valence-corrected chi connectivity index (χ1v) is 3.21. The van der Waals surface area contributed by atoms with Gasteiger partial charge in [0.2, 0.25) is 0 Å². The Morgan fingerprint density at radius 1 is 1.70 bits per heavy atom. The van der Waals surface area contributed by atoms with E-state index in [1.165, 1.54) is 0 Å². The van der Waals surface area contributed by atoms with Gasteiger partial charge in [-0.25, -0.2) is 0 Å². The van der Waals surface area contributed by atoms with Crippen LogP contribution in [0.25, 0.3) is 0 Å². The average Bonchev–Trinajstić information content (AvgIpc) is 2.05. The van der Waals surface area contributed by atoms with Crippen molar-refractivity contribution >= 4 is 0 Å². The molecule has 0 atom stereocenters. The van der Waals surface area contributed by atoms with E-state index in [4.69, 9.17) is 10.00 Å². The van der Waals surface area contributed by atoms with E-state index in [0.29, 0.717) is 5.57 Å².